The quantitative estimate of drug-likeness (QED) is 0.808. The lowest BCUT2D eigenvalue weighted by molar-refractivity contribution is 0.0922. The minimum absolute atomic E-state index is 0.259. The van der Waals surface area contributed by atoms with E-state index in [1.54, 1.807) is 30.7 Å². The van der Waals surface area contributed by atoms with E-state index >= 15 is 0 Å². The Morgan fingerprint density at radius 2 is 2.40 bits per heavy atom. The monoisotopic (exact) mass is 203 g/mol. The molecule has 1 N–H and O–H groups in total. The van der Waals surface area contributed by atoms with Crippen LogP contribution in [0.25, 0.3) is 0 Å². The van der Waals surface area contributed by atoms with E-state index in [4.69, 9.17) is 4.42 Å². The third-order valence-electron chi connectivity index (χ3n) is 1.79. The fourth-order valence-corrected chi connectivity index (χ4v) is 1.09. The van der Waals surface area contributed by atoms with Gasteiger partial charge in [0.25, 0.3) is 5.91 Å². The van der Waals surface area contributed by atoms with Crippen molar-refractivity contribution in [2.75, 3.05) is 0 Å². The second-order valence-corrected chi connectivity index (χ2v) is 2.86. The molecule has 2 heterocycles. The Bertz CT molecular complexity index is 425. The summed E-state index contributed by atoms with van der Waals surface area (Å²) in [6.45, 7) is 0.341. The highest BCUT2D eigenvalue weighted by Gasteiger charge is 2.07. The Morgan fingerprint density at radius 1 is 1.47 bits per heavy atom. The maximum atomic E-state index is 11.4. The van der Waals surface area contributed by atoms with E-state index in [0.717, 1.165) is 0 Å². The first kappa shape index (κ1) is 9.39. The Morgan fingerprint density at radius 3 is 3.07 bits per heavy atom. The molecule has 0 aliphatic rings. The maximum Gasteiger partial charge on any atom is 0.287 e. The molecule has 0 saturated carbocycles. The van der Waals surface area contributed by atoms with Crippen LogP contribution in [0.2, 0.25) is 0 Å². The second kappa shape index (κ2) is 4.36. The van der Waals surface area contributed by atoms with Crippen LogP contribution in [0.1, 0.15) is 16.2 Å². The van der Waals surface area contributed by atoms with Gasteiger partial charge in [-0.3, -0.25) is 14.8 Å². The molecule has 5 heteroatoms. The molecule has 1 amide bonds. The zero-order valence-corrected chi connectivity index (χ0v) is 7.88. The van der Waals surface area contributed by atoms with Crippen molar-refractivity contribution >= 4 is 5.91 Å². The van der Waals surface area contributed by atoms with E-state index in [2.05, 4.69) is 15.3 Å². The molecule has 2 aromatic rings. The van der Waals surface area contributed by atoms with Gasteiger partial charge in [0.1, 0.15) is 0 Å². The SMILES string of the molecule is O=C(NCc1cnccn1)c1ccco1. The largest absolute Gasteiger partial charge is 0.459 e. The standard InChI is InChI=1S/C10H9N3O2/c14-10(9-2-1-5-15-9)13-7-8-6-11-3-4-12-8/h1-6H,7H2,(H,13,14). The van der Waals surface area contributed by atoms with Gasteiger partial charge < -0.3 is 9.73 Å². The molecule has 0 saturated heterocycles. The molecule has 0 spiro atoms. The minimum Gasteiger partial charge on any atom is -0.459 e. The lowest BCUT2D eigenvalue weighted by atomic mass is 10.4. The van der Waals surface area contributed by atoms with Crippen LogP contribution in [0.5, 0.6) is 0 Å². The summed E-state index contributed by atoms with van der Waals surface area (Å²) in [5, 5.41) is 2.67. The molecule has 0 aliphatic heterocycles. The number of aromatic nitrogens is 2. The smallest absolute Gasteiger partial charge is 0.287 e. The average Bonchev–Trinajstić information content (AvgIpc) is 2.81. The van der Waals surface area contributed by atoms with Gasteiger partial charge in [0.2, 0.25) is 0 Å². The van der Waals surface area contributed by atoms with E-state index in [-0.39, 0.29) is 5.91 Å². The van der Waals surface area contributed by atoms with Gasteiger partial charge in [-0.2, -0.15) is 0 Å². The first-order chi connectivity index (χ1) is 7.36. The van der Waals surface area contributed by atoms with E-state index in [1.165, 1.54) is 6.26 Å². The molecule has 2 aromatic heterocycles. The molecule has 2 rings (SSSR count). The molecule has 0 aromatic carbocycles. The number of carbonyl (C=O) groups is 1. The lowest BCUT2D eigenvalue weighted by Gasteiger charge is -2.01. The van der Waals surface area contributed by atoms with Gasteiger partial charge in [-0.1, -0.05) is 0 Å². The molecule has 0 unspecified atom stereocenters. The molecule has 0 atom stereocenters. The molecule has 5 nitrogen and oxygen atoms in total. The highest BCUT2D eigenvalue weighted by molar-refractivity contribution is 5.91. The summed E-state index contributed by atoms with van der Waals surface area (Å²) in [6.07, 6.45) is 6.21. The number of nitrogens with one attached hydrogen (secondary N) is 1. The zero-order chi connectivity index (χ0) is 10.5. The first-order valence-corrected chi connectivity index (χ1v) is 4.43. The third-order valence-corrected chi connectivity index (χ3v) is 1.79. The molecule has 76 valence electrons. The van der Waals surface area contributed by atoms with Gasteiger partial charge in [0.05, 0.1) is 24.7 Å². The van der Waals surface area contributed by atoms with Crippen LogP contribution in [0, 0.1) is 0 Å². The van der Waals surface area contributed by atoms with Gasteiger partial charge in [0, 0.05) is 12.4 Å². The first-order valence-electron chi connectivity index (χ1n) is 4.43. The predicted molar refractivity (Wildman–Crippen MR) is 51.9 cm³/mol. The van der Waals surface area contributed by atoms with Crippen LogP contribution in [-0.2, 0) is 6.54 Å². The van der Waals surface area contributed by atoms with Crippen LogP contribution < -0.4 is 5.32 Å². The molecule has 0 radical (unpaired) electrons. The number of hydrogen-bond acceptors (Lipinski definition) is 4. The maximum absolute atomic E-state index is 11.4. The van der Waals surface area contributed by atoms with Gasteiger partial charge in [-0.15, -0.1) is 0 Å². The summed E-state index contributed by atoms with van der Waals surface area (Å²) in [5.74, 6) is 0.0320. The summed E-state index contributed by atoms with van der Waals surface area (Å²) in [6, 6.07) is 3.27. The van der Waals surface area contributed by atoms with Crippen molar-refractivity contribution in [2.45, 2.75) is 6.54 Å². The summed E-state index contributed by atoms with van der Waals surface area (Å²) in [5.41, 5.74) is 0.706. The fraction of sp³-hybridized carbons (Fsp3) is 0.100. The van der Waals surface area contributed by atoms with E-state index in [1.807, 2.05) is 0 Å². The zero-order valence-electron chi connectivity index (χ0n) is 7.88. The molecule has 0 aliphatic carbocycles. The number of hydrogen-bond donors (Lipinski definition) is 1. The van der Waals surface area contributed by atoms with Gasteiger partial charge >= 0.3 is 0 Å². The molecular formula is C10H9N3O2. The van der Waals surface area contributed by atoms with Crippen molar-refractivity contribution in [1.82, 2.24) is 15.3 Å². The van der Waals surface area contributed by atoms with E-state index < -0.39 is 0 Å². The lowest BCUT2D eigenvalue weighted by Crippen LogP contribution is -2.22. The number of rotatable bonds is 3. The van der Waals surface area contributed by atoms with Gasteiger partial charge in [0.15, 0.2) is 5.76 Å². The summed E-state index contributed by atoms with van der Waals surface area (Å²) in [4.78, 5) is 19.3. The van der Waals surface area contributed by atoms with Crippen molar-refractivity contribution in [1.29, 1.82) is 0 Å². The van der Waals surface area contributed by atoms with Crippen LogP contribution in [0.4, 0.5) is 0 Å². The normalized spacial score (nSPS) is 9.87. The number of carbonyl (C=O) groups excluding carboxylic acids is 1. The number of amides is 1. The van der Waals surface area contributed by atoms with Crippen LogP contribution in [0.15, 0.2) is 41.4 Å². The Labute approximate surface area is 86.2 Å². The van der Waals surface area contributed by atoms with Crippen LogP contribution in [0.3, 0.4) is 0 Å². The molecule has 0 fully saturated rings. The summed E-state index contributed by atoms with van der Waals surface area (Å²) >= 11 is 0. The molecule has 0 bridgehead atoms. The fourth-order valence-electron chi connectivity index (χ4n) is 1.09. The Hall–Kier alpha value is -2.17. The van der Waals surface area contributed by atoms with E-state index in [9.17, 15) is 4.79 Å². The highest BCUT2D eigenvalue weighted by atomic mass is 16.3. The topological polar surface area (TPSA) is 68.0 Å². The van der Waals surface area contributed by atoms with Crippen molar-refractivity contribution in [3.63, 3.8) is 0 Å². The van der Waals surface area contributed by atoms with Crippen LogP contribution >= 0.6 is 0 Å². The highest BCUT2D eigenvalue weighted by Crippen LogP contribution is 1.99. The van der Waals surface area contributed by atoms with Crippen molar-refractivity contribution in [3.05, 3.63) is 48.4 Å². The average molecular weight is 203 g/mol. The Kier molecular flexibility index (Phi) is 2.73. The van der Waals surface area contributed by atoms with Gasteiger partial charge in [-0.05, 0) is 12.1 Å². The van der Waals surface area contributed by atoms with Crippen LogP contribution in [-0.4, -0.2) is 15.9 Å². The number of nitrogens with zero attached hydrogens (tertiary/aromatic N) is 2. The Balaban J connectivity index is 1.92. The van der Waals surface area contributed by atoms with Gasteiger partial charge in [-0.25, -0.2) is 0 Å². The number of furan rings is 1. The predicted octanol–water partition coefficient (Wildman–Crippen LogP) is 1.000. The third kappa shape index (κ3) is 2.40. The summed E-state index contributed by atoms with van der Waals surface area (Å²) in [7, 11) is 0. The molecular weight excluding hydrogens is 194 g/mol. The second-order valence-electron chi connectivity index (χ2n) is 2.86. The molecule has 15 heavy (non-hydrogen) atoms. The van der Waals surface area contributed by atoms with Crippen molar-refractivity contribution < 1.29 is 9.21 Å². The summed E-state index contributed by atoms with van der Waals surface area (Å²) < 4.78 is 4.94. The van der Waals surface area contributed by atoms with Crippen molar-refractivity contribution in [3.8, 4) is 0 Å². The minimum atomic E-state index is -0.259. The van der Waals surface area contributed by atoms with E-state index in [0.29, 0.717) is 18.0 Å². The van der Waals surface area contributed by atoms with Crippen molar-refractivity contribution in [2.24, 2.45) is 0 Å².